The monoisotopic (exact) mass is 442 g/mol. The molecule has 1 aliphatic heterocycles. The highest BCUT2D eigenvalue weighted by Gasteiger charge is 2.34. The summed E-state index contributed by atoms with van der Waals surface area (Å²) in [5.74, 6) is -0.112. The van der Waals surface area contributed by atoms with Crippen LogP contribution in [0.25, 0.3) is 0 Å². The first-order valence-electron chi connectivity index (χ1n) is 9.39. The van der Waals surface area contributed by atoms with Gasteiger partial charge in [0.25, 0.3) is 0 Å². The van der Waals surface area contributed by atoms with Crippen LogP contribution in [-0.2, 0) is 30.7 Å². The van der Waals surface area contributed by atoms with Crippen LogP contribution in [0.2, 0.25) is 0 Å². The predicted molar refractivity (Wildman–Crippen MR) is 119 cm³/mol. The number of piperidine rings is 1. The molecule has 1 aliphatic carbocycles. The summed E-state index contributed by atoms with van der Waals surface area (Å²) in [5.41, 5.74) is 1.54. The molecule has 1 saturated carbocycles. The molecular formula is C18H26N4O3S3. The van der Waals surface area contributed by atoms with Crippen molar-refractivity contribution in [2.75, 3.05) is 29.9 Å². The van der Waals surface area contributed by atoms with E-state index in [1.54, 1.807) is 16.8 Å². The van der Waals surface area contributed by atoms with E-state index in [1.165, 1.54) is 10.1 Å². The van der Waals surface area contributed by atoms with Crippen LogP contribution in [-0.4, -0.2) is 52.3 Å². The minimum absolute atomic E-state index is 0.0138. The molecule has 2 atom stereocenters. The number of carbonyl (C=O) groups excluding carboxylic acids is 2. The zero-order chi connectivity index (χ0) is 20.3. The highest BCUT2D eigenvalue weighted by Crippen LogP contribution is 2.27. The third-order valence-corrected chi connectivity index (χ3v) is 7.54. The van der Waals surface area contributed by atoms with E-state index in [-0.39, 0.29) is 11.8 Å². The predicted octanol–water partition coefficient (Wildman–Crippen LogP) is 1.90. The lowest BCUT2D eigenvalue weighted by Gasteiger charge is -2.35. The molecule has 2 unspecified atom stereocenters. The van der Waals surface area contributed by atoms with E-state index >= 15 is 0 Å². The van der Waals surface area contributed by atoms with Gasteiger partial charge in [-0.2, -0.15) is 3.71 Å². The number of amides is 2. The van der Waals surface area contributed by atoms with Crippen LogP contribution in [0.4, 0.5) is 11.4 Å². The van der Waals surface area contributed by atoms with Gasteiger partial charge in [0.15, 0.2) is 0 Å². The number of hydrogen-bond acceptors (Lipinski definition) is 5. The molecular weight excluding hydrogens is 416 g/mol. The smallest absolute Gasteiger partial charge is 0.246 e. The first-order valence-corrected chi connectivity index (χ1v) is 11.9. The van der Waals surface area contributed by atoms with Crippen LogP contribution in [0.5, 0.6) is 0 Å². The molecule has 1 saturated heterocycles. The fraction of sp³-hybridized carbons (Fsp3) is 0.556. The summed E-state index contributed by atoms with van der Waals surface area (Å²) in [5, 5.41) is 3.28. The van der Waals surface area contributed by atoms with Crippen LogP contribution in [0.1, 0.15) is 32.1 Å². The van der Waals surface area contributed by atoms with Crippen LogP contribution in [0.3, 0.4) is 0 Å². The highest BCUT2D eigenvalue weighted by molar-refractivity contribution is 8.27. The number of carbonyl (C=O) groups is 2. The molecule has 10 heteroatoms. The number of nitrogens with zero attached hydrogens (tertiary/aromatic N) is 3. The van der Waals surface area contributed by atoms with Crippen LogP contribution >= 0.6 is 12.8 Å². The minimum Gasteiger partial charge on any atom is -0.315 e. The molecule has 1 heterocycles. The Labute approximate surface area is 178 Å². The normalized spacial score (nSPS) is 21.5. The van der Waals surface area contributed by atoms with E-state index in [2.05, 4.69) is 18.1 Å². The van der Waals surface area contributed by atoms with E-state index < -0.39 is 16.0 Å². The first-order chi connectivity index (χ1) is 13.4. The fourth-order valence-electron chi connectivity index (χ4n) is 3.39. The van der Waals surface area contributed by atoms with Gasteiger partial charge in [0.05, 0.1) is 16.5 Å². The summed E-state index contributed by atoms with van der Waals surface area (Å²) in [7, 11) is 0.272. The van der Waals surface area contributed by atoms with Crippen molar-refractivity contribution in [3.8, 4) is 0 Å². The van der Waals surface area contributed by atoms with Crippen molar-refractivity contribution in [3.63, 3.8) is 0 Å². The van der Waals surface area contributed by atoms with Crippen molar-refractivity contribution in [2.45, 2.75) is 44.2 Å². The van der Waals surface area contributed by atoms with Crippen molar-refractivity contribution in [2.24, 2.45) is 0 Å². The van der Waals surface area contributed by atoms with Gasteiger partial charge in [0, 0.05) is 31.0 Å². The zero-order valence-corrected chi connectivity index (χ0v) is 18.3. The second kappa shape index (κ2) is 9.64. The molecule has 7 nitrogen and oxygen atoms in total. The van der Waals surface area contributed by atoms with Crippen molar-refractivity contribution in [3.05, 3.63) is 24.3 Å². The molecule has 1 aromatic rings. The van der Waals surface area contributed by atoms with Crippen LogP contribution in [0, 0.1) is 0 Å². The molecule has 28 heavy (non-hydrogen) atoms. The van der Waals surface area contributed by atoms with Gasteiger partial charge >= 0.3 is 0 Å². The molecule has 0 spiro atoms. The summed E-state index contributed by atoms with van der Waals surface area (Å²) < 4.78 is 10.8. The number of rotatable bonds is 7. The van der Waals surface area contributed by atoms with Gasteiger partial charge in [-0.3, -0.25) is 9.59 Å². The SMILES string of the molecule is CN(C(=O)CNC1CCC1)c1ccc(N2CCCC(N(S)S(O)=S)C2=O)cc1. The van der Waals surface area contributed by atoms with Gasteiger partial charge in [-0.15, -0.1) is 0 Å². The number of hydrogen-bond donors (Lipinski definition) is 3. The Kier molecular flexibility index (Phi) is 7.46. The second-order valence-corrected chi connectivity index (χ2v) is 9.61. The average Bonchev–Trinajstić information content (AvgIpc) is 2.66. The lowest BCUT2D eigenvalue weighted by atomic mass is 9.93. The minimum atomic E-state index is -1.48. The average molecular weight is 443 g/mol. The van der Waals surface area contributed by atoms with Gasteiger partial charge in [-0.25, -0.2) is 0 Å². The quantitative estimate of drug-likeness (QED) is 0.560. The van der Waals surface area contributed by atoms with Crippen molar-refractivity contribution < 1.29 is 14.1 Å². The Balaban J connectivity index is 1.63. The molecule has 0 radical (unpaired) electrons. The van der Waals surface area contributed by atoms with Crippen LogP contribution < -0.4 is 15.1 Å². The number of anilines is 2. The van der Waals surface area contributed by atoms with Crippen molar-refractivity contribution in [1.82, 2.24) is 9.03 Å². The van der Waals surface area contributed by atoms with Crippen molar-refractivity contribution >= 4 is 57.1 Å². The van der Waals surface area contributed by atoms with Crippen LogP contribution in [0.15, 0.2) is 24.3 Å². The Morgan fingerprint density at radius 3 is 2.57 bits per heavy atom. The maximum atomic E-state index is 12.8. The zero-order valence-electron chi connectivity index (χ0n) is 15.8. The maximum Gasteiger partial charge on any atom is 0.246 e. The molecule has 154 valence electrons. The maximum absolute atomic E-state index is 12.8. The molecule has 2 amide bonds. The second-order valence-electron chi connectivity index (χ2n) is 7.16. The van der Waals surface area contributed by atoms with E-state index in [9.17, 15) is 14.1 Å². The summed E-state index contributed by atoms with van der Waals surface area (Å²) >= 11 is 9.01. The Hall–Kier alpha value is -1.04. The summed E-state index contributed by atoms with van der Waals surface area (Å²) in [6, 6.07) is 7.30. The Morgan fingerprint density at radius 2 is 2.00 bits per heavy atom. The van der Waals surface area contributed by atoms with Gasteiger partial charge in [-0.05, 0) is 61.1 Å². The number of thiol groups is 1. The lowest BCUT2D eigenvalue weighted by molar-refractivity contribution is -0.122. The molecule has 1 aromatic carbocycles. The van der Waals surface area contributed by atoms with E-state index in [4.69, 9.17) is 11.2 Å². The lowest BCUT2D eigenvalue weighted by Crippen LogP contribution is -2.50. The number of benzene rings is 1. The largest absolute Gasteiger partial charge is 0.315 e. The third-order valence-electron chi connectivity index (χ3n) is 5.41. The highest BCUT2D eigenvalue weighted by atomic mass is 32.8. The van der Waals surface area contributed by atoms with Crippen molar-refractivity contribution in [1.29, 1.82) is 0 Å². The van der Waals surface area contributed by atoms with Gasteiger partial charge < -0.3 is 19.7 Å². The summed E-state index contributed by atoms with van der Waals surface area (Å²) in [4.78, 5) is 28.5. The standard InChI is InChI=1S/C18H26N4O3S3/c1-20(17(23)12-19-13-4-2-5-13)14-7-9-15(10-8-14)21-11-3-6-16(18(21)24)22(26)28(25)27/h7-10,13,16,19,26H,2-6,11-12H2,1H3,(H,25,27). The van der Waals surface area contributed by atoms with Gasteiger partial charge in [0.2, 0.25) is 11.8 Å². The molecule has 3 rings (SSSR count). The van der Waals surface area contributed by atoms with E-state index in [0.29, 0.717) is 25.6 Å². The number of nitrogens with one attached hydrogen (secondary N) is 1. The molecule has 0 aromatic heterocycles. The first kappa shape index (κ1) is 21.7. The van der Waals surface area contributed by atoms with E-state index in [1.807, 2.05) is 24.3 Å². The fourth-order valence-corrected chi connectivity index (χ4v) is 4.33. The topological polar surface area (TPSA) is 76.1 Å². The Bertz CT molecular complexity index is 742. The Morgan fingerprint density at radius 1 is 1.32 bits per heavy atom. The molecule has 2 fully saturated rings. The third kappa shape index (κ3) is 4.92. The number of likely N-dealkylation sites (N-methyl/N-ethyl adjacent to an activating group) is 1. The summed E-state index contributed by atoms with van der Waals surface area (Å²) in [6.07, 6.45) is 4.93. The van der Waals surface area contributed by atoms with E-state index in [0.717, 1.165) is 30.6 Å². The molecule has 2 N–H and O–H groups in total. The molecule has 2 aliphatic rings. The molecule has 0 bridgehead atoms. The van der Waals surface area contributed by atoms with Gasteiger partial charge in [0.1, 0.15) is 6.04 Å². The summed E-state index contributed by atoms with van der Waals surface area (Å²) in [6.45, 7) is 0.935. The van der Waals surface area contributed by atoms with Gasteiger partial charge in [-0.1, -0.05) is 19.2 Å².